The van der Waals surface area contributed by atoms with Gasteiger partial charge in [0.15, 0.2) is 23.0 Å². The quantitative estimate of drug-likeness (QED) is 0.803. The summed E-state index contributed by atoms with van der Waals surface area (Å²) in [5.74, 6) is 3.44. The first kappa shape index (κ1) is 17.7. The van der Waals surface area contributed by atoms with Crippen LogP contribution in [0.2, 0.25) is 0 Å². The minimum atomic E-state index is 0.193. The Morgan fingerprint density at radius 2 is 1.85 bits per heavy atom. The monoisotopic (exact) mass is 367 g/mol. The summed E-state index contributed by atoms with van der Waals surface area (Å²) in [5, 5.41) is 0. The summed E-state index contributed by atoms with van der Waals surface area (Å²) in [6.07, 6.45) is 1.89. The van der Waals surface area contributed by atoms with E-state index in [1.165, 1.54) is 16.7 Å². The largest absolute Gasteiger partial charge is 0.493 e. The third kappa shape index (κ3) is 2.73. The molecule has 0 aliphatic carbocycles. The van der Waals surface area contributed by atoms with Crippen molar-refractivity contribution in [3.63, 3.8) is 0 Å². The van der Waals surface area contributed by atoms with Crippen LogP contribution in [0.1, 0.15) is 41.1 Å². The van der Waals surface area contributed by atoms with E-state index >= 15 is 0 Å². The van der Waals surface area contributed by atoms with Crippen LogP contribution in [-0.4, -0.2) is 33.0 Å². The average molecular weight is 367 g/mol. The normalized spacial score (nSPS) is 20.9. The van der Waals surface area contributed by atoms with E-state index in [0.29, 0.717) is 0 Å². The summed E-state index contributed by atoms with van der Waals surface area (Å²) in [4.78, 5) is 2.35. The topological polar surface area (TPSA) is 40.2 Å². The molecule has 0 fully saturated rings. The molecule has 2 aliphatic heterocycles. The van der Waals surface area contributed by atoms with Gasteiger partial charge in [-0.15, -0.1) is 0 Å². The fourth-order valence-corrected chi connectivity index (χ4v) is 4.41. The van der Waals surface area contributed by atoms with E-state index in [-0.39, 0.29) is 18.8 Å². The summed E-state index contributed by atoms with van der Waals surface area (Å²) < 4.78 is 22.3. The fraction of sp³-hybridized carbons (Fsp3) is 0.364. The molecular weight excluding hydrogens is 342 g/mol. The molecule has 0 amide bonds. The Morgan fingerprint density at radius 1 is 1.11 bits per heavy atom. The molecule has 142 valence electrons. The molecule has 2 atom stereocenters. The lowest BCUT2D eigenvalue weighted by atomic mass is 9.79. The van der Waals surface area contributed by atoms with Crippen LogP contribution in [0.4, 0.5) is 0 Å². The van der Waals surface area contributed by atoms with Crippen LogP contribution in [-0.2, 0) is 6.54 Å². The van der Waals surface area contributed by atoms with Crippen LogP contribution in [0.15, 0.2) is 30.8 Å². The molecule has 4 rings (SSSR count). The van der Waals surface area contributed by atoms with Crippen molar-refractivity contribution in [2.45, 2.75) is 25.4 Å². The molecule has 0 spiro atoms. The van der Waals surface area contributed by atoms with Crippen LogP contribution in [0.5, 0.6) is 23.0 Å². The molecule has 2 aromatic carbocycles. The first-order valence-corrected chi connectivity index (χ1v) is 9.09. The third-order valence-electron chi connectivity index (χ3n) is 5.65. The van der Waals surface area contributed by atoms with Gasteiger partial charge in [-0.05, 0) is 41.9 Å². The average Bonchev–Trinajstić information content (AvgIpc) is 3.13. The maximum atomic E-state index is 5.67. The second-order valence-electron chi connectivity index (χ2n) is 7.06. The highest BCUT2D eigenvalue weighted by atomic mass is 16.7. The number of likely N-dealkylation sites (N-methyl/N-ethyl adjacent to an activating group) is 1. The molecule has 5 nitrogen and oxygen atoms in total. The van der Waals surface area contributed by atoms with Gasteiger partial charge < -0.3 is 18.9 Å². The van der Waals surface area contributed by atoms with Crippen LogP contribution in [0.3, 0.4) is 0 Å². The molecule has 0 N–H and O–H groups in total. The second kappa shape index (κ2) is 6.82. The molecule has 2 aliphatic rings. The van der Waals surface area contributed by atoms with E-state index in [4.69, 9.17) is 18.9 Å². The van der Waals surface area contributed by atoms with Crippen LogP contribution >= 0.6 is 0 Å². The van der Waals surface area contributed by atoms with E-state index in [1.54, 1.807) is 14.2 Å². The van der Waals surface area contributed by atoms with Gasteiger partial charge in [0.05, 0.1) is 14.2 Å². The molecule has 0 radical (unpaired) electrons. The van der Waals surface area contributed by atoms with E-state index < -0.39 is 0 Å². The molecular formula is C22H25NO4. The molecule has 0 bridgehead atoms. The van der Waals surface area contributed by atoms with E-state index in [1.807, 2.05) is 18.2 Å². The molecule has 2 aromatic rings. The van der Waals surface area contributed by atoms with Crippen molar-refractivity contribution in [3.05, 3.63) is 53.1 Å². The third-order valence-corrected chi connectivity index (χ3v) is 5.65. The molecule has 27 heavy (non-hydrogen) atoms. The van der Waals surface area contributed by atoms with Crippen LogP contribution in [0.25, 0.3) is 6.08 Å². The summed E-state index contributed by atoms with van der Waals surface area (Å²) in [5.41, 5.74) is 4.74. The Hall–Kier alpha value is -2.66. The van der Waals surface area contributed by atoms with Gasteiger partial charge in [-0.3, -0.25) is 4.90 Å². The Kier molecular flexibility index (Phi) is 4.48. The Balaban J connectivity index is 1.82. The van der Waals surface area contributed by atoms with Crippen molar-refractivity contribution < 1.29 is 18.9 Å². The predicted octanol–water partition coefficient (Wildman–Crippen LogP) is 4.37. The van der Waals surface area contributed by atoms with Gasteiger partial charge in [0.25, 0.3) is 0 Å². The number of benzene rings is 2. The molecule has 0 aromatic heterocycles. The SMILES string of the molecule is C=Cc1cc2c(cc1C1C(C)c3ccc(OC)c(OC)c3CN1C)OCO2. The zero-order valence-electron chi connectivity index (χ0n) is 16.2. The summed E-state index contributed by atoms with van der Waals surface area (Å²) >= 11 is 0. The van der Waals surface area contributed by atoms with E-state index in [9.17, 15) is 0 Å². The maximum absolute atomic E-state index is 5.67. The lowest BCUT2D eigenvalue weighted by molar-refractivity contribution is 0.173. The molecule has 2 heterocycles. The van der Waals surface area contributed by atoms with Gasteiger partial charge in [-0.25, -0.2) is 0 Å². The van der Waals surface area contributed by atoms with Crippen LogP contribution < -0.4 is 18.9 Å². The summed E-state index contributed by atoms with van der Waals surface area (Å²) in [7, 11) is 5.51. The van der Waals surface area contributed by atoms with Gasteiger partial charge in [0.1, 0.15) is 0 Å². The van der Waals surface area contributed by atoms with E-state index in [2.05, 4.69) is 37.6 Å². The number of fused-ring (bicyclic) bond motifs is 2. The Labute approximate surface area is 160 Å². The highest BCUT2D eigenvalue weighted by Crippen LogP contribution is 2.49. The number of ether oxygens (including phenoxy) is 4. The van der Waals surface area contributed by atoms with Gasteiger partial charge in [-0.2, -0.15) is 0 Å². The van der Waals surface area contributed by atoms with Gasteiger partial charge >= 0.3 is 0 Å². The minimum Gasteiger partial charge on any atom is -0.493 e. The Morgan fingerprint density at radius 3 is 2.52 bits per heavy atom. The highest BCUT2D eigenvalue weighted by Gasteiger charge is 2.35. The highest BCUT2D eigenvalue weighted by molar-refractivity contribution is 5.62. The standard InChI is InChI=1S/C22H25NO4/c1-6-14-9-19-20(27-12-26-19)10-16(14)21-13(2)15-7-8-18(24-4)22(25-5)17(15)11-23(21)3/h6-10,13,21H,1,11-12H2,2-5H3. The van der Waals surface area contributed by atoms with Crippen molar-refractivity contribution in [1.82, 2.24) is 4.90 Å². The second-order valence-corrected chi connectivity index (χ2v) is 7.06. The molecule has 0 saturated carbocycles. The van der Waals surface area contributed by atoms with Crippen molar-refractivity contribution in [2.75, 3.05) is 28.1 Å². The number of hydrogen-bond acceptors (Lipinski definition) is 5. The van der Waals surface area contributed by atoms with Crippen molar-refractivity contribution in [3.8, 4) is 23.0 Å². The number of rotatable bonds is 4. The lowest BCUT2D eigenvalue weighted by Crippen LogP contribution is -2.34. The molecule has 5 heteroatoms. The van der Waals surface area contributed by atoms with Crippen molar-refractivity contribution in [1.29, 1.82) is 0 Å². The maximum Gasteiger partial charge on any atom is 0.231 e. The molecule has 2 unspecified atom stereocenters. The van der Waals surface area contributed by atoms with Crippen molar-refractivity contribution >= 4 is 6.08 Å². The lowest BCUT2D eigenvalue weighted by Gasteiger charge is -2.40. The number of methoxy groups -OCH3 is 2. The van der Waals surface area contributed by atoms with Crippen molar-refractivity contribution in [2.24, 2.45) is 0 Å². The van der Waals surface area contributed by atoms with Gasteiger partial charge in [0, 0.05) is 24.1 Å². The van der Waals surface area contributed by atoms with E-state index in [0.717, 1.165) is 35.1 Å². The predicted molar refractivity (Wildman–Crippen MR) is 105 cm³/mol. The van der Waals surface area contributed by atoms with Crippen LogP contribution in [0, 0.1) is 0 Å². The first-order chi connectivity index (χ1) is 13.1. The zero-order chi connectivity index (χ0) is 19.1. The number of nitrogens with zero attached hydrogens (tertiary/aromatic N) is 1. The fourth-order valence-electron chi connectivity index (χ4n) is 4.41. The minimum absolute atomic E-state index is 0.193. The summed E-state index contributed by atoms with van der Waals surface area (Å²) in [6, 6.07) is 8.46. The zero-order valence-corrected chi connectivity index (χ0v) is 16.2. The Bertz CT molecular complexity index is 892. The molecule has 0 saturated heterocycles. The van der Waals surface area contributed by atoms with Gasteiger partial charge in [-0.1, -0.05) is 25.6 Å². The summed E-state index contributed by atoms with van der Waals surface area (Å²) in [6.45, 7) is 7.30. The number of hydrogen-bond donors (Lipinski definition) is 0. The van der Waals surface area contributed by atoms with Gasteiger partial charge in [0.2, 0.25) is 6.79 Å². The smallest absolute Gasteiger partial charge is 0.231 e. The first-order valence-electron chi connectivity index (χ1n) is 9.09.